The molecule has 6 heteroatoms. The molecule has 0 radical (unpaired) electrons. The van der Waals surface area contributed by atoms with E-state index in [4.69, 9.17) is 14.2 Å². The largest absolute Gasteiger partial charge is 0.454 e. The number of hydrogen-bond acceptors (Lipinski definition) is 5. The number of likely N-dealkylation sites (tertiary alicyclic amines) is 1. The Morgan fingerprint density at radius 3 is 3.00 bits per heavy atom. The second-order valence-electron chi connectivity index (χ2n) is 6.68. The molecule has 0 aliphatic carbocycles. The van der Waals surface area contributed by atoms with Gasteiger partial charge in [-0.25, -0.2) is 0 Å². The lowest BCUT2D eigenvalue weighted by Crippen LogP contribution is -2.39. The maximum Gasteiger partial charge on any atom is 0.234 e. The maximum absolute atomic E-state index is 12.3. The molecule has 3 aliphatic heterocycles. The maximum atomic E-state index is 12.3. The molecule has 0 aromatic heterocycles. The standard InChI is InChI=1S/C18H24N2O4/c21-18(19-10-14-3-2-8-22-14)11-20-7-1-4-15(20)13-5-6-16-17(9-13)24-12-23-16/h5-6,9,14-15H,1-4,7-8,10-12H2,(H,19,21)/t14-,15-/m0/s1. The predicted octanol–water partition coefficient (Wildman–Crippen LogP) is 1.85. The average molecular weight is 332 g/mol. The first kappa shape index (κ1) is 15.7. The highest BCUT2D eigenvalue weighted by molar-refractivity contribution is 5.78. The van der Waals surface area contributed by atoms with Gasteiger partial charge in [-0.3, -0.25) is 9.69 Å². The van der Waals surface area contributed by atoms with E-state index in [9.17, 15) is 4.79 Å². The molecule has 2 saturated heterocycles. The van der Waals surface area contributed by atoms with Crippen LogP contribution < -0.4 is 14.8 Å². The fourth-order valence-corrected chi connectivity index (χ4v) is 3.79. The van der Waals surface area contributed by atoms with Gasteiger partial charge in [-0.2, -0.15) is 0 Å². The van der Waals surface area contributed by atoms with Gasteiger partial charge in [0.2, 0.25) is 12.7 Å². The van der Waals surface area contributed by atoms with Crippen LogP contribution in [0.2, 0.25) is 0 Å². The van der Waals surface area contributed by atoms with Gasteiger partial charge in [0.25, 0.3) is 0 Å². The van der Waals surface area contributed by atoms with Crippen molar-refractivity contribution in [3.8, 4) is 11.5 Å². The van der Waals surface area contributed by atoms with Gasteiger partial charge >= 0.3 is 0 Å². The molecule has 3 aliphatic rings. The zero-order valence-electron chi connectivity index (χ0n) is 13.8. The second-order valence-corrected chi connectivity index (χ2v) is 6.68. The van der Waals surface area contributed by atoms with Crippen LogP contribution in [0.3, 0.4) is 0 Å². The van der Waals surface area contributed by atoms with E-state index in [0.717, 1.165) is 50.3 Å². The number of ether oxygens (including phenoxy) is 3. The number of carbonyl (C=O) groups is 1. The summed E-state index contributed by atoms with van der Waals surface area (Å²) in [6.45, 7) is 3.12. The molecule has 4 rings (SSSR count). The van der Waals surface area contributed by atoms with Crippen LogP contribution in [0.4, 0.5) is 0 Å². The summed E-state index contributed by atoms with van der Waals surface area (Å²) in [4.78, 5) is 14.5. The first-order chi connectivity index (χ1) is 11.8. The SMILES string of the molecule is O=C(CN1CCC[C@H]1c1ccc2c(c1)OCO2)NC[C@@H]1CCCO1. The van der Waals surface area contributed by atoms with Gasteiger partial charge in [0.15, 0.2) is 11.5 Å². The molecular weight excluding hydrogens is 308 g/mol. The molecule has 1 aromatic carbocycles. The van der Waals surface area contributed by atoms with E-state index in [-0.39, 0.29) is 18.1 Å². The van der Waals surface area contributed by atoms with E-state index in [1.807, 2.05) is 6.07 Å². The lowest BCUT2D eigenvalue weighted by molar-refractivity contribution is -0.123. The first-order valence-corrected chi connectivity index (χ1v) is 8.81. The highest BCUT2D eigenvalue weighted by Crippen LogP contribution is 2.38. The van der Waals surface area contributed by atoms with Gasteiger partial charge in [-0.15, -0.1) is 0 Å². The Hall–Kier alpha value is -1.79. The fourth-order valence-electron chi connectivity index (χ4n) is 3.79. The zero-order valence-corrected chi connectivity index (χ0v) is 13.8. The molecule has 2 fully saturated rings. The van der Waals surface area contributed by atoms with Crippen LogP contribution in [0.25, 0.3) is 0 Å². The molecule has 0 spiro atoms. The summed E-state index contributed by atoms with van der Waals surface area (Å²) in [5.41, 5.74) is 1.20. The van der Waals surface area contributed by atoms with Crippen molar-refractivity contribution in [3.63, 3.8) is 0 Å². The molecule has 1 N–H and O–H groups in total. The van der Waals surface area contributed by atoms with Gasteiger partial charge in [-0.1, -0.05) is 6.07 Å². The Morgan fingerprint density at radius 1 is 1.21 bits per heavy atom. The van der Waals surface area contributed by atoms with E-state index in [2.05, 4.69) is 22.3 Å². The van der Waals surface area contributed by atoms with Gasteiger partial charge in [0, 0.05) is 19.2 Å². The summed E-state index contributed by atoms with van der Waals surface area (Å²) < 4.78 is 16.4. The molecule has 1 aromatic rings. The molecule has 0 unspecified atom stereocenters. The minimum atomic E-state index is 0.0816. The van der Waals surface area contributed by atoms with E-state index in [1.54, 1.807) is 0 Å². The second kappa shape index (κ2) is 6.99. The fraction of sp³-hybridized carbons (Fsp3) is 0.611. The van der Waals surface area contributed by atoms with E-state index in [0.29, 0.717) is 19.9 Å². The summed E-state index contributed by atoms with van der Waals surface area (Å²) in [5, 5.41) is 3.01. The van der Waals surface area contributed by atoms with Crippen LogP contribution in [0.1, 0.15) is 37.3 Å². The van der Waals surface area contributed by atoms with Gasteiger partial charge in [-0.05, 0) is 49.9 Å². The third kappa shape index (κ3) is 3.35. The monoisotopic (exact) mass is 332 g/mol. The molecule has 6 nitrogen and oxygen atoms in total. The van der Waals surface area contributed by atoms with E-state index in [1.165, 1.54) is 5.56 Å². The summed E-state index contributed by atoms with van der Waals surface area (Å²) in [7, 11) is 0. The summed E-state index contributed by atoms with van der Waals surface area (Å²) in [5.74, 6) is 1.69. The number of rotatable bonds is 5. The van der Waals surface area contributed by atoms with Crippen molar-refractivity contribution < 1.29 is 19.0 Å². The first-order valence-electron chi connectivity index (χ1n) is 8.81. The Labute approximate surface area is 142 Å². The number of nitrogens with one attached hydrogen (secondary N) is 1. The Balaban J connectivity index is 1.35. The number of amides is 1. The Morgan fingerprint density at radius 2 is 2.12 bits per heavy atom. The van der Waals surface area contributed by atoms with Crippen molar-refractivity contribution >= 4 is 5.91 Å². The van der Waals surface area contributed by atoms with Crippen LogP contribution in [0, 0.1) is 0 Å². The average Bonchev–Trinajstić information content (AvgIpc) is 3.33. The third-order valence-corrected chi connectivity index (χ3v) is 5.04. The number of benzene rings is 1. The molecule has 1 amide bonds. The number of fused-ring (bicyclic) bond motifs is 1. The lowest BCUT2D eigenvalue weighted by atomic mass is 10.0. The molecular formula is C18H24N2O4. The molecule has 24 heavy (non-hydrogen) atoms. The molecule has 2 atom stereocenters. The molecule has 130 valence electrons. The predicted molar refractivity (Wildman–Crippen MR) is 88.1 cm³/mol. The number of carbonyl (C=O) groups excluding carboxylic acids is 1. The Kier molecular flexibility index (Phi) is 4.58. The van der Waals surface area contributed by atoms with Gasteiger partial charge in [0.1, 0.15) is 0 Å². The smallest absolute Gasteiger partial charge is 0.234 e. The van der Waals surface area contributed by atoms with E-state index < -0.39 is 0 Å². The van der Waals surface area contributed by atoms with Crippen LogP contribution in [-0.4, -0.2) is 49.9 Å². The molecule has 3 heterocycles. The summed E-state index contributed by atoms with van der Waals surface area (Å²) in [6, 6.07) is 6.37. The van der Waals surface area contributed by atoms with Crippen molar-refractivity contribution in [2.24, 2.45) is 0 Å². The van der Waals surface area contributed by atoms with Gasteiger partial charge in [0.05, 0.1) is 12.6 Å². The topological polar surface area (TPSA) is 60.0 Å². The summed E-state index contributed by atoms with van der Waals surface area (Å²) in [6.07, 6.45) is 4.51. The Bertz CT molecular complexity index is 601. The zero-order chi connectivity index (χ0) is 16.4. The normalized spacial score (nSPS) is 26.0. The highest BCUT2D eigenvalue weighted by Gasteiger charge is 2.29. The highest BCUT2D eigenvalue weighted by atomic mass is 16.7. The quantitative estimate of drug-likeness (QED) is 0.892. The number of nitrogens with zero attached hydrogens (tertiary/aromatic N) is 1. The van der Waals surface area contributed by atoms with Crippen molar-refractivity contribution in [2.45, 2.75) is 37.8 Å². The lowest BCUT2D eigenvalue weighted by Gasteiger charge is -2.24. The van der Waals surface area contributed by atoms with Crippen molar-refractivity contribution in [3.05, 3.63) is 23.8 Å². The molecule has 0 bridgehead atoms. The van der Waals surface area contributed by atoms with Crippen LogP contribution in [0.5, 0.6) is 11.5 Å². The van der Waals surface area contributed by atoms with Crippen molar-refractivity contribution in [1.82, 2.24) is 10.2 Å². The third-order valence-electron chi connectivity index (χ3n) is 5.04. The van der Waals surface area contributed by atoms with Crippen LogP contribution in [-0.2, 0) is 9.53 Å². The molecule has 0 saturated carbocycles. The minimum absolute atomic E-state index is 0.0816. The van der Waals surface area contributed by atoms with Crippen LogP contribution in [0.15, 0.2) is 18.2 Å². The van der Waals surface area contributed by atoms with E-state index >= 15 is 0 Å². The van der Waals surface area contributed by atoms with Crippen molar-refractivity contribution in [2.75, 3.05) is 33.0 Å². The van der Waals surface area contributed by atoms with Gasteiger partial charge < -0.3 is 19.5 Å². The number of hydrogen-bond donors (Lipinski definition) is 1. The van der Waals surface area contributed by atoms with Crippen LogP contribution >= 0.6 is 0 Å². The minimum Gasteiger partial charge on any atom is -0.454 e. The van der Waals surface area contributed by atoms with Crippen molar-refractivity contribution in [1.29, 1.82) is 0 Å². The summed E-state index contributed by atoms with van der Waals surface area (Å²) >= 11 is 0.